The Labute approximate surface area is 116 Å². The molecule has 0 saturated carbocycles. The first-order valence-corrected chi connectivity index (χ1v) is 7.03. The number of nitrogens with one attached hydrogen (secondary N) is 2. The zero-order chi connectivity index (χ0) is 14.3. The Hall–Kier alpha value is -1.63. The van der Waals surface area contributed by atoms with E-state index in [4.69, 9.17) is 5.11 Å². The van der Waals surface area contributed by atoms with E-state index in [1.807, 2.05) is 12.3 Å². The molecule has 0 bridgehead atoms. The number of nitrogens with zero attached hydrogens (tertiary/aromatic N) is 1. The Morgan fingerprint density at radius 2 is 2.26 bits per heavy atom. The molecule has 1 rings (SSSR count). The first kappa shape index (κ1) is 15.4. The summed E-state index contributed by atoms with van der Waals surface area (Å²) in [6, 6.07) is -0.463. The minimum absolute atomic E-state index is 0.391. The summed E-state index contributed by atoms with van der Waals surface area (Å²) >= 11 is 1.52. The number of amides is 2. The van der Waals surface area contributed by atoms with Crippen molar-refractivity contribution in [2.24, 2.45) is 0 Å². The maximum atomic E-state index is 11.7. The van der Waals surface area contributed by atoms with E-state index in [0.717, 1.165) is 5.01 Å². The van der Waals surface area contributed by atoms with E-state index in [2.05, 4.69) is 15.6 Å². The molecular formula is C12H19N3O3S. The van der Waals surface area contributed by atoms with Gasteiger partial charge < -0.3 is 15.7 Å². The highest BCUT2D eigenvalue weighted by molar-refractivity contribution is 7.09. The molecule has 3 N–H and O–H groups in total. The molecule has 1 atom stereocenters. The van der Waals surface area contributed by atoms with Crippen molar-refractivity contribution >= 4 is 23.3 Å². The predicted octanol–water partition coefficient (Wildman–Crippen LogP) is 1.63. The lowest BCUT2D eigenvalue weighted by Crippen LogP contribution is -2.55. The molecule has 2 amide bonds. The molecule has 0 radical (unpaired) electrons. The summed E-state index contributed by atoms with van der Waals surface area (Å²) in [5.41, 5.74) is -1.22. The summed E-state index contributed by atoms with van der Waals surface area (Å²) in [5.74, 6) is -1.02. The lowest BCUT2D eigenvalue weighted by atomic mass is 9.97. The van der Waals surface area contributed by atoms with Crippen LogP contribution in [0.5, 0.6) is 0 Å². The summed E-state index contributed by atoms with van der Waals surface area (Å²) in [5, 5.41) is 17.1. The SMILES string of the molecule is CCCC(C)(NC(=O)NCCc1nccs1)C(=O)O. The van der Waals surface area contributed by atoms with Gasteiger partial charge in [-0.05, 0) is 13.3 Å². The van der Waals surface area contributed by atoms with Crippen LogP contribution in [0, 0.1) is 0 Å². The molecule has 1 aromatic rings. The zero-order valence-electron chi connectivity index (χ0n) is 11.1. The third-order valence-corrected chi connectivity index (χ3v) is 3.56. The van der Waals surface area contributed by atoms with E-state index in [9.17, 15) is 9.59 Å². The molecule has 106 valence electrons. The maximum Gasteiger partial charge on any atom is 0.329 e. The van der Waals surface area contributed by atoms with Gasteiger partial charge in [0.1, 0.15) is 5.54 Å². The van der Waals surface area contributed by atoms with E-state index >= 15 is 0 Å². The zero-order valence-corrected chi connectivity index (χ0v) is 11.9. The number of thiazole rings is 1. The van der Waals surface area contributed by atoms with Gasteiger partial charge in [0.05, 0.1) is 5.01 Å². The largest absolute Gasteiger partial charge is 0.480 e. The molecule has 7 heteroatoms. The van der Waals surface area contributed by atoms with E-state index in [1.54, 1.807) is 6.20 Å². The maximum absolute atomic E-state index is 11.7. The summed E-state index contributed by atoms with van der Waals surface area (Å²) < 4.78 is 0. The van der Waals surface area contributed by atoms with Gasteiger partial charge in [0.25, 0.3) is 0 Å². The molecule has 6 nitrogen and oxygen atoms in total. The Morgan fingerprint density at radius 3 is 2.79 bits per heavy atom. The number of urea groups is 1. The van der Waals surface area contributed by atoms with Crippen LogP contribution in [-0.4, -0.2) is 34.2 Å². The second kappa shape index (κ2) is 7.08. The van der Waals surface area contributed by atoms with Crippen LogP contribution in [0.3, 0.4) is 0 Å². The summed E-state index contributed by atoms with van der Waals surface area (Å²) in [6.07, 6.45) is 3.43. The van der Waals surface area contributed by atoms with Crippen LogP contribution in [0.4, 0.5) is 4.79 Å². The van der Waals surface area contributed by atoms with Crippen molar-refractivity contribution in [2.75, 3.05) is 6.54 Å². The standard InChI is InChI=1S/C12H19N3O3S/c1-3-5-12(2,10(16)17)15-11(18)14-6-4-9-13-7-8-19-9/h7-8H,3-6H2,1-2H3,(H,16,17)(H2,14,15,18). The third kappa shape index (κ3) is 4.86. The number of hydrogen-bond donors (Lipinski definition) is 3. The van der Waals surface area contributed by atoms with Crippen molar-refractivity contribution in [1.29, 1.82) is 0 Å². The molecule has 1 heterocycles. The molecule has 0 fully saturated rings. The smallest absolute Gasteiger partial charge is 0.329 e. The van der Waals surface area contributed by atoms with Gasteiger partial charge in [-0.25, -0.2) is 14.6 Å². The second-order valence-corrected chi connectivity index (χ2v) is 5.42. The number of aliphatic carboxylic acids is 1. The Morgan fingerprint density at radius 1 is 1.53 bits per heavy atom. The Kier molecular flexibility index (Phi) is 5.75. The number of carbonyl (C=O) groups excluding carboxylic acids is 1. The highest BCUT2D eigenvalue weighted by Crippen LogP contribution is 2.12. The Balaban J connectivity index is 2.38. The van der Waals surface area contributed by atoms with E-state index in [-0.39, 0.29) is 0 Å². The van der Waals surface area contributed by atoms with Crippen molar-refractivity contribution in [2.45, 2.75) is 38.6 Å². The van der Waals surface area contributed by atoms with Crippen LogP contribution in [0.1, 0.15) is 31.7 Å². The number of hydrogen-bond acceptors (Lipinski definition) is 4. The third-order valence-electron chi connectivity index (χ3n) is 2.72. The lowest BCUT2D eigenvalue weighted by Gasteiger charge is -2.25. The van der Waals surface area contributed by atoms with Crippen molar-refractivity contribution in [3.8, 4) is 0 Å². The van der Waals surface area contributed by atoms with Crippen molar-refractivity contribution in [1.82, 2.24) is 15.6 Å². The predicted molar refractivity (Wildman–Crippen MR) is 73.3 cm³/mol. The minimum Gasteiger partial charge on any atom is -0.480 e. The second-order valence-electron chi connectivity index (χ2n) is 4.44. The molecule has 1 unspecified atom stereocenters. The molecule has 19 heavy (non-hydrogen) atoms. The summed E-state index contributed by atoms with van der Waals surface area (Å²) in [7, 11) is 0. The molecule has 0 saturated heterocycles. The first-order chi connectivity index (χ1) is 8.98. The van der Waals surface area contributed by atoms with Gasteiger partial charge in [0, 0.05) is 24.5 Å². The van der Waals surface area contributed by atoms with Gasteiger partial charge in [-0.3, -0.25) is 0 Å². The van der Waals surface area contributed by atoms with Crippen LogP contribution >= 0.6 is 11.3 Å². The van der Waals surface area contributed by atoms with E-state index in [0.29, 0.717) is 25.8 Å². The van der Waals surface area contributed by atoms with Crippen LogP contribution in [0.2, 0.25) is 0 Å². The highest BCUT2D eigenvalue weighted by atomic mass is 32.1. The van der Waals surface area contributed by atoms with Gasteiger partial charge in [-0.1, -0.05) is 13.3 Å². The van der Waals surface area contributed by atoms with Gasteiger partial charge in [-0.2, -0.15) is 0 Å². The molecule has 0 aliphatic carbocycles. The average molecular weight is 285 g/mol. The van der Waals surface area contributed by atoms with Crippen molar-refractivity contribution < 1.29 is 14.7 Å². The molecule has 0 aromatic carbocycles. The average Bonchev–Trinajstić information content (AvgIpc) is 2.82. The number of carbonyl (C=O) groups is 2. The number of rotatable bonds is 7. The van der Waals surface area contributed by atoms with Gasteiger partial charge >= 0.3 is 12.0 Å². The number of aromatic nitrogens is 1. The fraction of sp³-hybridized carbons (Fsp3) is 0.583. The molecule has 1 aromatic heterocycles. The number of carboxylic acids is 1. The normalized spacial score (nSPS) is 13.6. The fourth-order valence-electron chi connectivity index (χ4n) is 1.68. The molecule has 0 aliphatic rings. The molecular weight excluding hydrogens is 266 g/mol. The topological polar surface area (TPSA) is 91.3 Å². The van der Waals surface area contributed by atoms with Gasteiger partial charge in [0.15, 0.2) is 0 Å². The lowest BCUT2D eigenvalue weighted by molar-refractivity contribution is -0.144. The van der Waals surface area contributed by atoms with Gasteiger partial charge in [-0.15, -0.1) is 11.3 Å². The van der Waals surface area contributed by atoms with E-state index in [1.165, 1.54) is 18.3 Å². The first-order valence-electron chi connectivity index (χ1n) is 6.15. The molecule has 0 aliphatic heterocycles. The van der Waals surface area contributed by atoms with Crippen LogP contribution < -0.4 is 10.6 Å². The van der Waals surface area contributed by atoms with Crippen LogP contribution in [0.15, 0.2) is 11.6 Å². The van der Waals surface area contributed by atoms with Crippen molar-refractivity contribution in [3.05, 3.63) is 16.6 Å². The molecule has 0 spiro atoms. The number of carboxylic acid groups (broad SMARTS) is 1. The van der Waals surface area contributed by atoms with Crippen LogP contribution in [0.25, 0.3) is 0 Å². The highest BCUT2D eigenvalue weighted by Gasteiger charge is 2.33. The minimum atomic E-state index is -1.22. The fourth-order valence-corrected chi connectivity index (χ4v) is 2.30. The van der Waals surface area contributed by atoms with Gasteiger partial charge in [0.2, 0.25) is 0 Å². The van der Waals surface area contributed by atoms with Crippen LogP contribution in [-0.2, 0) is 11.2 Å². The Bertz CT molecular complexity index is 422. The summed E-state index contributed by atoms with van der Waals surface area (Å²) in [4.78, 5) is 26.9. The van der Waals surface area contributed by atoms with E-state index < -0.39 is 17.5 Å². The summed E-state index contributed by atoms with van der Waals surface area (Å²) in [6.45, 7) is 3.82. The van der Waals surface area contributed by atoms with Crippen molar-refractivity contribution in [3.63, 3.8) is 0 Å². The quantitative estimate of drug-likeness (QED) is 0.710. The monoisotopic (exact) mass is 285 g/mol.